The number of ether oxygens (including phenoxy) is 2. The first-order valence-corrected chi connectivity index (χ1v) is 11.8. The predicted molar refractivity (Wildman–Crippen MR) is 132 cm³/mol. The lowest BCUT2D eigenvalue weighted by molar-refractivity contribution is 0.174. The molecule has 6 N–H and O–H groups in total. The molecule has 1 fully saturated rings. The van der Waals surface area contributed by atoms with Crippen molar-refractivity contribution in [3.8, 4) is 11.5 Å². The second kappa shape index (κ2) is 9.79. The molecule has 2 aliphatic rings. The van der Waals surface area contributed by atoms with E-state index in [2.05, 4.69) is 20.6 Å². The van der Waals surface area contributed by atoms with Gasteiger partial charge in [-0.15, -0.1) is 0 Å². The van der Waals surface area contributed by atoms with Crippen LogP contribution in [0.3, 0.4) is 0 Å². The first kappa shape index (κ1) is 22.9. The van der Waals surface area contributed by atoms with E-state index in [4.69, 9.17) is 49.1 Å². The number of hydrogen-bond donors (Lipinski definition) is 4. The maximum absolute atomic E-state index is 6.23. The van der Waals surface area contributed by atoms with Crippen LogP contribution in [0.25, 0.3) is 0 Å². The maximum Gasteiger partial charge on any atom is 0.232 e. The lowest BCUT2D eigenvalue weighted by Crippen LogP contribution is -2.39. The molecule has 34 heavy (non-hydrogen) atoms. The Balaban J connectivity index is 1.40. The minimum absolute atomic E-state index is 0.0158. The summed E-state index contributed by atoms with van der Waals surface area (Å²) in [5.74, 6) is 2.99. The van der Waals surface area contributed by atoms with E-state index in [1.54, 1.807) is 12.1 Å². The van der Waals surface area contributed by atoms with E-state index >= 15 is 0 Å². The summed E-state index contributed by atoms with van der Waals surface area (Å²) in [6.07, 6.45) is 2.34. The Labute approximate surface area is 207 Å². The smallest absolute Gasteiger partial charge is 0.232 e. The Morgan fingerprint density at radius 3 is 2.41 bits per heavy atom. The van der Waals surface area contributed by atoms with Gasteiger partial charge in [0.25, 0.3) is 0 Å². The largest absolute Gasteiger partial charge is 0.454 e. The van der Waals surface area contributed by atoms with Crippen molar-refractivity contribution >= 4 is 40.8 Å². The fraction of sp³-hybridized carbons (Fsp3) is 0.348. The molecule has 1 unspecified atom stereocenters. The van der Waals surface area contributed by atoms with E-state index in [1.807, 2.05) is 24.3 Å². The van der Waals surface area contributed by atoms with Crippen LogP contribution in [-0.4, -0.2) is 33.8 Å². The first-order valence-electron chi connectivity index (χ1n) is 11.0. The van der Waals surface area contributed by atoms with Crippen LogP contribution in [0.15, 0.2) is 36.4 Å². The average molecular weight is 502 g/mol. The third-order valence-corrected chi connectivity index (χ3v) is 6.60. The van der Waals surface area contributed by atoms with E-state index in [-0.39, 0.29) is 24.8 Å². The minimum atomic E-state index is 0.0158. The molecule has 1 aromatic heterocycles. The van der Waals surface area contributed by atoms with Gasteiger partial charge in [-0.05, 0) is 55.2 Å². The highest BCUT2D eigenvalue weighted by molar-refractivity contribution is 6.42. The maximum atomic E-state index is 6.23. The Kier molecular flexibility index (Phi) is 6.60. The molecule has 2 heterocycles. The van der Waals surface area contributed by atoms with Crippen molar-refractivity contribution in [1.29, 1.82) is 0 Å². The summed E-state index contributed by atoms with van der Waals surface area (Å²) in [5, 5.41) is 7.40. The van der Waals surface area contributed by atoms with Crippen LogP contribution in [0.5, 0.6) is 11.5 Å². The van der Waals surface area contributed by atoms with Crippen molar-refractivity contribution in [2.24, 2.45) is 11.5 Å². The summed E-state index contributed by atoms with van der Waals surface area (Å²) in [6, 6.07) is 11.1. The van der Waals surface area contributed by atoms with Crippen LogP contribution >= 0.6 is 23.2 Å². The minimum Gasteiger partial charge on any atom is -0.454 e. The molecule has 0 amide bonds. The number of nitrogens with zero attached hydrogens (tertiary/aromatic N) is 3. The summed E-state index contributed by atoms with van der Waals surface area (Å²) >= 11 is 12.2. The van der Waals surface area contributed by atoms with Gasteiger partial charge in [0, 0.05) is 30.2 Å². The first-order chi connectivity index (χ1) is 16.4. The lowest BCUT2D eigenvalue weighted by atomic mass is 9.83. The fourth-order valence-corrected chi connectivity index (χ4v) is 4.56. The highest BCUT2D eigenvalue weighted by Crippen LogP contribution is 2.34. The van der Waals surface area contributed by atoms with E-state index in [0.717, 1.165) is 36.3 Å². The average Bonchev–Trinajstić information content (AvgIpc) is 3.27. The molecule has 11 heteroatoms. The molecule has 1 aliphatic heterocycles. The Bertz CT molecular complexity index is 1190. The number of nitrogens with one attached hydrogen (secondary N) is 2. The molecule has 1 aliphatic carbocycles. The van der Waals surface area contributed by atoms with Gasteiger partial charge < -0.3 is 31.6 Å². The number of hydrogen-bond acceptors (Lipinski definition) is 9. The van der Waals surface area contributed by atoms with Crippen molar-refractivity contribution in [1.82, 2.24) is 15.0 Å². The van der Waals surface area contributed by atoms with Crippen LogP contribution in [0.1, 0.15) is 36.6 Å². The molecule has 3 aromatic rings. The Hall–Kier alpha value is -2.85. The van der Waals surface area contributed by atoms with Crippen molar-refractivity contribution in [2.75, 3.05) is 17.4 Å². The van der Waals surface area contributed by atoms with Crippen LogP contribution in [0, 0.1) is 0 Å². The molecular weight excluding hydrogens is 477 g/mol. The van der Waals surface area contributed by atoms with Gasteiger partial charge >= 0.3 is 0 Å². The van der Waals surface area contributed by atoms with Gasteiger partial charge in [-0.25, -0.2) is 0 Å². The normalized spacial score (nSPS) is 21.4. The van der Waals surface area contributed by atoms with Crippen molar-refractivity contribution in [3.63, 3.8) is 0 Å². The van der Waals surface area contributed by atoms with Gasteiger partial charge in [0.2, 0.25) is 18.7 Å². The summed E-state index contributed by atoms with van der Waals surface area (Å²) < 4.78 is 10.9. The third kappa shape index (κ3) is 5.28. The zero-order valence-electron chi connectivity index (χ0n) is 18.3. The number of fused-ring (bicyclic) bond motifs is 1. The van der Waals surface area contributed by atoms with Crippen LogP contribution in [-0.2, 0) is 6.54 Å². The van der Waals surface area contributed by atoms with E-state index in [1.165, 1.54) is 0 Å². The number of benzene rings is 2. The molecule has 0 bridgehead atoms. The topological polar surface area (TPSA) is 133 Å². The highest BCUT2D eigenvalue weighted by Gasteiger charge is 2.28. The quantitative estimate of drug-likeness (QED) is 0.392. The number of anilines is 3. The van der Waals surface area contributed by atoms with Crippen molar-refractivity contribution in [2.45, 2.75) is 43.8 Å². The lowest BCUT2D eigenvalue weighted by Gasteiger charge is -2.30. The van der Waals surface area contributed by atoms with Gasteiger partial charge in [0.05, 0.1) is 10.0 Å². The Morgan fingerprint density at radius 1 is 0.853 bits per heavy atom. The van der Waals surface area contributed by atoms with E-state index in [0.29, 0.717) is 40.0 Å². The predicted octanol–water partition coefficient (Wildman–Crippen LogP) is 4.18. The van der Waals surface area contributed by atoms with Crippen LogP contribution in [0.2, 0.25) is 10.0 Å². The van der Waals surface area contributed by atoms with Gasteiger partial charge in [0.1, 0.15) is 5.82 Å². The van der Waals surface area contributed by atoms with Gasteiger partial charge in [-0.2, -0.15) is 15.0 Å². The molecule has 3 atom stereocenters. The number of rotatable bonds is 6. The second-order valence-electron chi connectivity index (χ2n) is 8.56. The summed E-state index contributed by atoms with van der Waals surface area (Å²) in [4.78, 5) is 13.9. The van der Waals surface area contributed by atoms with Crippen LogP contribution < -0.4 is 31.6 Å². The van der Waals surface area contributed by atoms with E-state index < -0.39 is 0 Å². The van der Waals surface area contributed by atoms with Crippen molar-refractivity contribution in [3.05, 3.63) is 57.8 Å². The number of nitrogens with two attached hydrogens (primary N) is 2. The molecule has 0 saturated heterocycles. The number of halogens is 2. The van der Waals surface area contributed by atoms with Gasteiger partial charge in [-0.1, -0.05) is 29.3 Å². The summed E-state index contributed by atoms with van der Waals surface area (Å²) in [6.45, 7) is 0.731. The standard InChI is InChI=1S/C23H25Cl2N7O2/c24-17-3-2-16(9-18(17)25)29-23-31-21(13-6-14(26)8-15(27)7-13)30-22(32-23)28-10-12-1-4-19-20(5-12)34-11-33-19/h1-5,9,13-15H,6-8,10-11,26-27H2,(H2,28,29,30,31,32)/t13?,14-,15+. The number of aromatic nitrogens is 3. The van der Waals surface area contributed by atoms with Crippen molar-refractivity contribution < 1.29 is 9.47 Å². The molecule has 2 aromatic carbocycles. The highest BCUT2D eigenvalue weighted by atomic mass is 35.5. The second-order valence-corrected chi connectivity index (χ2v) is 9.37. The van der Waals surface area contributed by atoms with Crippen LogP contribution in [0.4, 0.5) is 17.6 Å². The molecular formula is C23H25Cl2N7O2. The summed E-state index contributed by atoms with van der Waals surface area (Å²) in [7, 11) is 0. The molecule has 1 saturated carbocycles. The molecule has 0 radical (unpaired) electrons. The molecule has 5 rings (SSSR count). The molecule has 0 spiro atoms. The third-order valence-electron chi connectivity index (χ3n) is 5.86. The van der Waals surface area contributed by atoms with Gasteiger partial charge in [-0.3, -0.25) is 0 Å². The molecule has 9 nitrogen and oxygen atoms in total. The monoisotopic (exact) mass is 501 g/mol. The molecule has 178 valence electrons. The fourth-order valence-electron chi connectivity index (χ4n) is 4.26. The zero-order valence-corrected chi connectivity index (χ0v) is 19.8. The Morgan fingerprint density at radius 2 is 1.62 bits per heavy atom. The van der Waals surface area contributed by atoms with Gasteiger partial charge in [0.15, 0.2) is 11.5 Å². The SMILES string of the molecule is N[C@@H]1CC(c2nc(NCc3ccc4c(c3)OCO4)nc(Nc3ccc(Cl)c(Cl)c3)n2)C[C@H](N)C1. The zero-order chi connectivity index (χ0) is 23.7. The summed E-state index contributed by atoms with van der Waals surface area (Å²) in [5.41, 5.74) is 14.2. The van der Waals surface area contributed by atoms with E-state index in [9.17, 15) is 0 Å².